The molecule has 1 N–H and O–H groups in total. The quantitative estimate of drug-likeness (QED) is 0.521. The van der Waals surface area contributed by atoms with E-state index in [1.807, 2.05) is 13.8 Å². The maximum atomic E-state index is 10.9. The Labute approximate surface area is 85.6 Å². The SMILES string of the molecule is C=CC(CC)C(C)(C=C)C(=C)C(=O)O. The van der Waals surface area contributed by atoms with Crippen molar-refractivity contribution in [1.82, 2.24) is 0 Å². The molecule has 0 aliphatic rings. The molecule has 0 heterocycles. The predicted octanol–water partition coefficient (Wildman–Crippen LogP) is 3.03. The first-order valence-corrected chi connectivity index (χ1v) is 4.62. The third-order valence-electron chi connectivity index (χ3n) is 2.83. The van der Waals surface area contributed by atoms with E-state index in [0.29, 0.717) is 0 Å². The number of hydrogen-bond acceptors (Lipinski definition) is 1. The molecule has 78 valence electrons. The lowest BCUT2D eigenvalue weighted by molar-refractivity contribution is -0.133. The van der Waals surface area contributed by atoms with Gasteiger partial charge in [-0.05, 0) is 12.3 Å². The van der Waals surface area contributed by atoms with Crippen LogP contribution in [0.15, 0.2) is 37.5 Å². The summed E-state index contributed by atoms with van der Waals surface area (Å²) in [6, 6.07) is 0. The fourth-order valence-corrected chi connectivity index (χ4v) is 1.56. The zero-order valence-corrected chi connectivity index (χ0v) is 8.92. The van der Waals surface area contributed by atoms with Gasteiger partial charge in [-0.1, -0.05) is 32.6 Å². The van der Waals surface area contributed by atoms with Gasteiger partial charge in [-0.25, -0.2) is 4.79 Å². The fraction of sp³-hybridized carbons (Fsp3) is 0.417. The van der Waals surface area contributed by atoms with Gasteiger partial charge in [0.2, 0.25) is 0 Å². The normalized spacial score (nSPS) is 16.4. The zero-order chi connectivity index (χ0) is 11.4. The second kappa shape index (κ2) is 4.80. The van der Waals surface area contributed by atoms with Crippen molar-refractivity contribution in [3.63, 3.8) is 0 Å². The average molecular weight is 194 g/mol. The summed E-state index contributed by atoms with van der Waals surface area (Å²) in [4.78, 5) is 10.9. The second-order valence-corrected chi connectivity index (χ2v) is 3.52. The largest absolute Gasteiger partial charge is 0.478 e. The maximum Gasteiger partial charge on any atom is 0.331 e. The Bertz CT molecular complexity index is 265. The highest BCUT2D eigenvalue weighted by Crippen LogP contribution is 2.38. The van der Waals surface area contributed by atoms with E-state index in [1.165, 1.54) is 0 Å². The number of carboxylic acids is 1. The van der Waals surface area contributed by atoms with Crippen LogP contribution < -0.4 is 0 Å². The van der Waals surface area contributed by atoms with Crippen LogP contribution in [-0.4, -0.2) is 11.1 Å². The molecule has 0 aromatic heterocycles. The summed E-state index contributed by atoms with van der Waals surface area (Å²) in [5.41, 5.74) is -0.443. The molecule has 2 nitrogen and oxygen atoms in total. The molecule has 0 spiro atoms. The molecular weight excluding hydrogens is 176 g/mol. The molecule has 2 heteroatoms. The van der Waals surface area contributed by atoms with Crippen LogP contribution in [0, 0.1) is 11.3 Å². The van der Waals surface area contributed by atoms with Crippen LogP contribution in [0.3, 0.4) is 0 Å². The molecule has 0 aliphatic heterocycles. The minimum atomic E-state index is -0.979. The van der Waals surface area contributed by atoms with Gasteiger partial charge in [-0.15, -0.1) is 13.2 Å². The number of allylic oxidation sites excluding steroid dienone is 2. The Morgan fingerprint density at radius 2 is 2.07 bits per heavy atom. The minimum Gasteiger partial charge on any atom is -0.478 e. The number of rotatable bonds is 6. The monoisotopic (exact) mass is 194 g/mol. The number of aliphatic carboxylic acids is 1. The van der Waals surface area contributed by atoms with Crippen molar-refractivity contribution in [3.8, 4) is 0 Å². The molecule has 0 bridgehead atoms. The predicted molar refractivity (Wildman–Crippen MR) is 59.1 cm³/mol. The van der Waals surface area contributed by atoms with Gasteiger partial charge in [-0.2, -0.15) is 0 Å². The van der Waals surface area contributed by atoms with Gasteiger partial charge in [0.1, 0.15) is 0 Å². The Balaban J connectivity index is 5.14. The van der Waals surface area contributed by atoms with Crippen molar-refractivity contribution in [2.45, 2.75) is 20.3 Å². The average Bonchev–Trinajstić information content (AvgIpc) is 2.17. The third-order valence-corrected chi connectivity index (χ3v) is 2.83. The standard InChI is InChI=1S/C12H18O2/c1-6-10(7-2)12(5,8-3)9(4)11(13)14/h6,8,10H,1,3-4,7H2,2,5H3,(H,13,14). The van der Waals surface area contributed by atoms with Gasteiger partial charge in [-0.3, -0.25) is 0 Å². The maximum absolute atomic E-state index is 10.9. The molecular formula is C12H18O2. The van der Waals surface area contributed by atoms with E-state index in [2.05, 4.69) is 19.7 Å². The summed E-state index contributed by atoms with van der Waals surface area (Å²) in [5.74, 6) is -0.920. The Morgan fingerprint density at radius 1 is 1.57 bits per heavy atom. The lowest BCUT2D eigenvalue weighted by Crippen LogP contribution is -2.29. The van der Waals surface area contributed by atoms with Gasteiger partial charge < -0.3 is 5.11 Å². The van der Waals surface area contributed by atoms with Crippen LogP contribution in [0.4, 0.5) is 0 Å². The second-order valence-electron chi connectivity index (χ2n) is 3.52. The van der Waals surface area contributed by atoms with Crippen molar-refractivity contribution < 1.29 is 9.90 Å². The molecule has 0 amide bonds. The van der Waals surface area contributed by atoms with Crippen molar-refractivity contribution in [2.24, 2.45) is 11.3 Å². The van der Waals surface area contributed by atoms with Crippen molar-refractivity contribution in [1.29, 1.82) is 0 Å². The van der Waals surface area contributed by atoms with Gasteiger partial charge in [0.25, 0.3) is 0 Å². The lowest BCUT2D eigenvalue weighted by atomic mass is 9.71. The Kier molecular flexibility index (Phi) is 4.35. The van der Waals surface area contributed by atoms with E-state index in [0.717, 1.165) is 6.42 Å². The van der Waals surface area contributed by atoms with Crippen LogP contribution in [0.2, 0.25) is 0 Å². The highest BCUT2D eigenvalue weighted by Gasteiger charge is 2.34. The molecule has 0 fully saturated rings. The number of hydrogen-bond donors (Lipinski definition) is 1. The molecule has 0 rings (SSSR count). The van der Waals surface area contributed by atoms with Crippen molar-refractivity contribution in [3.05, 3.63) is 37.5 Å². The Morgan fingerprint density at radius 3 is 2.29 bits per heavy atom. The van der Waals surface area contributed by atoms with E-state index in [4.69, 9.17) is 5.11 Å². The van der Waals surface area contributed by atoms with Gasteiger partial charge in [0, 0.05) is 11.0 Å². The summed E-state index contributed by atoms with van der Waals surface area (Å²) in [7, 11) is 0. The lowest BCUT2D eigenvalue weighted by Gasteiger charge is -2.32. The van der Waals surface area contributed by atoms with Gasteiger partial charge in [0.05, 0.1) is 0 Å². The van der Waals surface area contributed by atoms with Crippen LogP contribution in [-0.2, 0) is 4.79 Å². The molecule has 14 heavy (non-hydrogen) atoms. The first-order chi connectivity index (χ1) is 6.43. The van der Waals surface area contributed by atoms with E-state index in [1.54, 1.807) is 12.2 Å². The molecule has 0 aliphatic carbocycles. The van der Waals surface area contributed by atoms with Crippen molar-refractivity contribution in [2.75, 3.05) is 0 Å². The summed E-state index contributed by atoms with van der Waals surface area (Å²) in [6.07, 6.45) is 4.22. The molecule has 0 aromatic carbocycles. The molecule has 2 unspecified atom stereocenters. The number of carbonyl (C=O) groups is 1. The van der Waals surface area contributed by atoms with E-state index in [-0.39, 0.29) is 11.5 Å². The Hall–Kier alpha value is -1.31. The number of carboxylic acid groups (broad SMARTS) is 1. The zero-order valence-electron chi connectivity index (χ0n) is 8.92. The first kappa shape index (κ1) is 12.7. The summed E-state index contributed by atoms with van der Waals surface area (Å²) < 4.78 is 0. The molecule has 2 atom stereocenters. The molecule has 0 aromatic rings. The highest BCUT2D eigenvalue weighted by atomic mass is 16.4. The van der Waals surface area contributed by atoms with Crippen molar-refractivity contribution >= 4 is 5.97 Å². The summed E-state index contributed by atoms with van der Waals surface area (Å²) in [5, 5.41) is 8.91. The smallest absolute Gasteiger partial charge is 0.331 e. The first-order valence-electron chi connectivity index (χ1n) is 4.62. The topological polar surface area (TPSA) is 37.3 Å². The van der Waals surface area contributed by atoms with Crippen LogP contribution in [0.25, 0.3) is 0 Å². The fourth-order valence-electron chi connectivity index (χ4n) is 1.56. The molecule has 0 saturated carbocycles. The van der Waals surface area contributed by atoms with E-state index < -0.39 is 11.4 Å². The third kappa shape index (κ3) is 2.13. The van der Waals surface area contributed by atoms with Gasteiger partial charge >= 0.3 is 5.97 Å². The van der Waals surface area contributed by atoms with Crippen LogP contribution in [0.1, 0.15) is 20.3 Å². The molecule has 0 saturated heterocycles. The van der Waals surface area contributed by atoms with Crippen LogP contribution in [0.5, 0.6) is 0 Å². The molecule has 0 radical (unpaired) electrons. The summed E-state index contributed by atoms with van der Waals surface area (Å²) in [6.45, 7) is 14.8. The summed E-state index contributed by atoms with van der Waals surface area (Å²) >= 11 is 0. The van der Waals surface area contributed by atoms with E-state index in [9.17, 15) is 4.79 Å². The highest BCUT2D eigenvalue weighted by molar-refractivity contribution is 5.88. The van der Waals surface area contributed by atoms with E-state index >= 15 is 0 Å². The van der Waals surface area contributed by atoms with Crippen LogP contribution >= 0.6 is 0 Å². The minimum absolute atomic E-state index is 0.0589. The van der Waals surface area contributed by atoms with Gasteiger partial charge in [0.15, 0.2) is 0 Å².